The van der Waals surface area contributed by atoms with E-state index < -0.39 is 0 Å². The van der Waals surface area contributed by atoms with Crippen LogP contribution in [0.5, 0.6) is 5.75 Å². The van der Waals surface area contributed by atoms with Crippen molar-refractivity contribution < 1.29 is 9.53 Å². The molecule has 0 aliphatic heterocycles. The van der Waals surface area contributed by atoms with Crippen LogP contribution in [0.2, 0.25) is 0 Å². The number of carbonyl (C=O) groups is 1. The summed E-state index contributed by atoms with van der Waals surface area (Å²) < 4.78 is 6.15. The Morgan fingerprint density at radius 3 is 2.63 bits per heavy atom. The predicted molar refractivity (Wildman–Crippen MR) is 82.2 cm³/mol. The zero-order valence-corrected chi connectivity index (χ0v) is 12.8. The molecule has 0 aromatic heterocycles. The van der Waals surface area contributed by atoms with Gasteiger partial charge >= 0.3 is 0 Å². The van der Waals surface area contributed by atoms with Crippen LogP contribution in [0, 0.1) is 0 Å². The molecule has 4 heteroatoms. The molecule has 2 nitrogen and oxygen atoms in total. The molecule has 0 amide bonds. The topological polar surface area (TPSA) is 26.3 Å². The number of carbonyl (C=O) groups excluding carboxylic acids is 1. The lowest BCUT2D eigenvalue weighted by Crippen LogP contribution is -2.02. The summed E-state index contributed by atoms with van der Waals surface area (Å²) in [5.74, 6) is 1.24. The first-order chi connectivity index (χ1) is 9.19. The minimum Gasteiger partial charge on any atom is -0.497 e. The third-order valence-electron chi connectivity index (χ3n) is 2.58. The number of hydrogen-bond acceptors (Lipinski definition) is 3. The van der Waals surface area contributed by atoms with Gasteiger partial charge in [0, 0.05) is 14.9 Å². The minimum absolute atomic E-state index is 0.104. The van der Waals surface area contributed by atoms with Gasteiger partial charge in [-0.3, -0.25) is 4.79 Å². The van der Waals surface area contributed by atoms with E-state index in [2.05, 4.69) is 15.9 Å². The van der Waals surface area contributed by atoms with Crippen LogP contribution in [0.25, 0.3) is 0 Å². The molecule has 0 saturated heterocycles. The fourth-order valence-electron chi connectivity index (χ4n) is 1.56. The molecule has 0 atom stereocenters. The third kappa shape index (κ3) is 4.11. The average molecular weight is 337 g/mol. The fourth-order valence-corrected chi connectivity index (χ4v) is 2.62. The van der Waals surface area contributed by atoms with Gasteiger partial charge in [-0.2, -0.15) is 0 Å². The molecule has 0 heterocycles. The Bertz CT molecular complexity index is 567. The van der Waals surface area contributed by atoms with Gasteiger partial charge in [0.05, 0.1) is 12.9 Å². The van der Waals surface area contributed by atoms with Crippen molar-refractivity contribution in [3.05, 3.63) is 58.6 Å². The molecule has 0 fully saturated rings. The fraction of sp³-hybridized carbons (Fsp3) is 0.133. The van der Waals surface area contributed by atoms with E-state index in [9.17, 15) is 4.79 Å². The quantitative estimate of drug-likeness (QED) is 0.596. The number of ether oxygens (including phenoxy) is 1. The normalized spacial score (nSPS) is 10.2. The molecule has 2 aromatic rings. The summed E-state index contributed by atoms with van der Waals surface area (Å²) in [4.78, 5) is 13.2. The second-order valence-electron chi connectivity index (χ2n) is 3.90. The smallest absolute Gasteiger partial charge is 0.173 e. The van der Waals surface area contributed by atoms with Crippen molar-refractivity contribution in [3.8, 4) is 5.75 Å². The number of benzene rings is 2. The van der Waals surface area contributed by atoms with Crippen LogP contribution in [0.4, 0.5) is 0 Å². The van der Waals surface area contributed by atoms with Crippen molar-refractivity contribution >= 4 is 33.5 Å². The van der Waals surface area contributed by atoms with Crippen molar-refractivity contribution in [3.63, 3.8) is 0 Å². The lowest BCUT2D eigenvalue weighted by atomic mass is 10.1. The maximum absolute atomic E-state index is 12.1. The molecule has 0 spiro atoms. The van der Waals surface area contributed by atoms with E-state index in [4.69, 9.17) is 4.74 Å². The molecule has 0 N–H and O–H groups in total. The van der Waals surface area contributed by atoms with Gasteiger partial charge in [0.25, 0.3) is 0 Å². The number of methoxy groups -OCH3 is 1. The molecule has 0 bridgehead atoms. The average Bonchev–Trinajstić information content (AvgIpc) is 2.46. The van der Waals surface area contributed by atoms with Crippen molar-refractivity contribution in [1.82, 2.24) is 0 Å². The Hall–Kier alpha value is -1.26. The monoisotopic (exact) mass is 336 g/mol. The number of thioether (sulfide) groups is 1. The Morgan fingerprint density at radius 2 is 1.95 bits per heavy atom. The molecule has 2 rings (SSSR count). The van der Waals surface area contributed by atoms with Crippen molar-refractivity contribution in [1.29, 1.82) is 0 Å². The van der Waals surface area contributed by atoms with Crippen LogP contribution < -0.4 is 4.74 Å². The van der Waals surface area contributed by atoms with Gasteiger partial charge < -0.3 is 4.74 Å². The van der Waals surface area contributed by atoms with E-state index in [1.165, 1.54) is 11.8 Å². The van der Waals surface area contributed by atoms with Gasteiger partial charge in [-0.15, -0.1) is 11.8 Å². The van der Waals surface area contributed by atoms with E-state index in [1.54, 1.807) is 13.2 Å². The summed E-state index contributed by atoms with van der Waals surface area (Å²) in [6.07, 6.45) is 0. The lowest BCUT2D eigenvalue weighted by Gasteiger charge is -2.04. The third-order valence-corrected chi connectivity index (χ3v) is 4.12. The molecular weight excluding hydrogens is 324 g/mol. The lowest BCUT2D eigenvalue weighted by molar-refractivity contribution is 0.102. The van der Waals surface area contributed by atoms with Crippen LogP contribution in [-0.4, -0.2) is 18.6 Å². The van der Waals surface area contributed by atoms with E-state index in [1.807, 2.05) is 42.5 Å². The first kappa shape index (κ1) is 14.2. The predicted octanol–water partition coefficient (Wildman–Crippen LogP) is 4.43. The van der Waals surface area contributed by atoms with Gasteiger partial charge in [0.2, 0.25) is 0 Å². The molecule has 0 aliphatic rings. The second-order valence-corrected chi connectivity index (χ2v) is 5.86. The highest BCUT2D eigenvalue weighted by atomic mass is 79.9. The highest BCUT2D eigenvalue weighted by Gasteiger charge is 2.07. The largest absolute Gasteiger partial charge is 0.497 e. The highest BCUT2D eigenvalue weighted by molar-refractivity contribution is 9.10. The summed E-state index contributed by atoms with van der Waals surface area (Å²) >= 11 is 4.92. The molecule has 0 aliphatic carbocycles. The Morgan fingerprint density at radius 1 is 1.21 bits per heavy atom. The molecule has 98 valence electrons. The number of halogens is 1. The van der Waals surface area contributed by atoms with E-state index in [0.717, 1.165) is 9.37 Å². The maximum Gasteiger partial charge on any atom is 0.173 e. The Kier molecular flexibility index (Phi) is 5.05. The molecule has 19 heavy (non-hydrogen) atoms. The summed E-state index contributed by atoms with van der Waals surface area (Å²) in [6.45, 7) is 0. The number of rotatable bonds is 5. The van der Waals surface area contributed by atoms with E-state index in [-0.39, 0.29) is 5.78 Å². The molecule has 0 saturated carbocycles. The first-order valence-electron chi connectivity index (χ1n) is 5.74. The van der Waals surface area contributed by atoms with Gasteiger partial charge in [0.15, 0.2) is 5.78 Å². The zero-order chi connectivity index (χ0) is 13.7. The number of Topliss-reactive ketones (excluding diaryl/α,β-unsaturated/α-hetero) is 1. The second kappa shape index (κ2) is 6.78. The van der Waals surface area contributed by atoms with Crippen LogP contribution in [0.3, 0.4) is 0 Å². The van der Waals surface area contributed by atoms with Crippen molar-refractivity contribution in [2.45, 2.75) is 4.90 Å². The number of hydrogen-bond donors (Lipinski definition) is 0. The summed E-state index contributed by atoms with van der Waals surface area (Å²) in [6, 6.07) is 15.2. The zero-order valence-electron chi connectivity index (χ0n) is 10.4. The van der Waals surface area contributed by atoms with Crippen LogP contribution in [0.15, 0.2) is 57.9 Å². The van der Waals surface area contributed by atoms with Crippen LogP contribution >= 0.6 is 27.7 Å². The molecule has 2 aromatic carbocycles. The van der Waals surface area contributed by atoms with E-state index >= 15 is 0 Å². The first-order valence-corrected chi connectivity index (χ1v) is 7.52. The van der Waals surface area contributed by atoms with Gasteiger partial charge in [-0.1, -0.05) is 28.1 Å². The summed E-state index contributed by atoms with van der Waals surface area (Å²) in [7, 11) is 1.60. The van der Waals surface area contributed by atoms with Gasteiger partial charge in [0.1, 0.15) is 5.75 Å². The summed E-state index contributed by atoms with van der Waals surface area (Å²) in [5.41, 5.74) is 0.684. The Labute approximate surface area is 125 Å². The SMILES string of the molecule is COc1cccc(C(=O)CSc2ccc(Br)cc2)c1. The highest BCUT2D eigenvalue weighted by Crippen LogP contribution is 2.22. The van der Waals surface area contributed by atoms with Crippen LogP contribution in [-0.2, 0) is 0 Å². The Balaban J connectivity index is 1.99. The molecular formula is C15H13BrO2S. The van der Waals surface area contributed by atoms with Gasteiger partial charge in [-0.05, 0) is 36.4 Å². The van der Waals surface area contributed by atoms with Crippen molar-refractivity contribution in [2.24, 2.45) is 0 Å². The van der Waals surface area contributed by atoms with Crippen molar-refractivity contribution in [2.75, 3.05) is 12.9 Å². The molecule has 0 radical (unpaired) electrons. The molecule has 0 unspecified atom stereocenters. The maximum atomic E-state index is 12.1. The summed E-state index contributed by atoms with van der Waals surface area (Å²) in [5, 5.41) is 0. The minimum atomic E-state index is 0.104. The van der Waals surface area contributed by atoms with Crippen LogP contribution in [0.1, 0.15) is 10.4 Å². The van der Waals surface area contributed by atoms with Gasteiger partial charge in [-0.25, -0.2) is 0 Å². The number of ketones is 1. The standard InChI is InChI=1S/C15H13BrO2S/c1-18-13-4-2-3-11(9-13)15(17)10-19-14-7-5-12(16)6-8-14/h2-9H,10H2,1H3. The van der Waals surface area contributed by atoms with E-state index in [0.29, 0.717) is 17.1 Å².